The summed E-state index contributed by atoms with van der Waals surface area (Å²) < 4.78 is 0. The number of nitrogens with two attached hydrogens (primary N) is 1. The minimum Gasteiger partial charge on any atom is -0.399 e. The standard InChI is InChI=1S/C14H22N2/c1-16-10-2-3-13(11-16)5-4-12-6-8-14(15)9-7-12/h6-9,13H,2-5,10-11,15H2,1H3. The number of likely N-dealkylation sites (tertiary alicyclic amines) is 1. The Bertz CT molecular complexity index is 318. The first-order chi connectivity index (χ1) is 7.74. The van der Waals surface area contributed by atoms with E-state index in [1.807, 2.05) is 12.1 Å². The number of benzene rings is 1. The smallest absolute Gasteiger partial charge is 0.0314 e. The van der Waals surface area contributed by atoms with Crippen LogP contribution < -0.4 is 5.73 Å². The molecule has 1 fully saturated rings. The third kappa shape index (κ3) is 3.24. The number of hydrogen-bond donors (Lipinski definition) is 1. The van der Waals surface area contributed by atoms with E-state index in [4.69, 9.17) is 5.73 Å². The van der Waals surface area contributed by atoms with E-state index in [-0.39, 0.29) is 0 Å². The molecule has 1 atom stereocenters. The van der Waals surface area contributed by atoms with Crippen LogP contribution in [0, 0.1) is 5.92 Å². The van der Waals surface area contributed by atoms with Gasteiger partial charge in [-0.15, -0.1) is 0 Å². The highest BCUT2D eigenvalue weighted by atomic mass is 15.1. The fraction of sp³-hybridized carbons (Fsp3) is 0.571. The van der Waals surface area contributed by atoms with Gasteiger partial charge in [0.25, 0.3) is 0 Å². The maximum absolute atomic E-state index is 5.68. The summed E-state index contributed by atoms with van der Waals surface area (Å²) in [4.78, 5) is 2.46. The van der Waals surface area contributed by atoms with Crippen LogP contribution in [-0.4, -0.2) is 25.0 Å². The Morgan fingerprint density at radius 2 is 2.06 bits per heavy atom. The number of hydrogen-bond acceptors (Lipinski definition) is 2. The highest BCUT2D eigenvalue weighted by molar-refractivity contribution is 5.39. The van der Waals surface area contributed by atoms with E-state index in [0.717, 1.165) is 11.6 Å². The molecule has 2 heteroatoms. The average Bonchev–Trinajstić information content (AvgIpc) is 2.28. The monoisotopic (exact) mass is 218 g/mol. The molecule has 2 rings (SSSR count). The zero-order valence-corrected chi connectivity index (χ0v) is 10.2. The Morgan fingerprint density at radius 3 is 2.75 bits per heavy atom. The maximum Gasteiger partial charge on any atom is 0.0314 e. The van der Waals surface area contributed by atoms with E-state index >= 15 is 0 Å². The number of rotatable bonds is 3. The molecule has 2 nitrogen and oxygen atoms in total. The zero-order chi connectivity index (χ0) is 11.4. The van der Waals surface area contributed by atoms with Crippen molar-refractivity contribution in [2.24, 2.45) is 5.92 Å². The second-order valence-corrected chi connectivity index (χ2v) is 5.05. The maximum atomic E-state index is 5.68. The number of piperidine rings is 1. The van der Waals surface area contributed by atoms with Gasteiger partial charge in [0.2, 0.25) is 0 Å². The molecule has 0 spiro atoms. The van der Waals surface area contributed by atoms with Crippen molar-refractivity contribution in [2.45, 2.75) is 25.7 Å². The van der Waals surface area contributed by atoms with Gasteiger partial charge in [-0.2, -0.15) is 0 Å². The first kappa shape index (κ1) is 11.5. The van der Waals surface area contributed by atoms with Gasteiger partial charge in [0.1, 0.15) is 0 Å². The first-order valence-electron chi connectivity index (χ1n) is 6.27. The topological polar surface area (TPSA) is 29.3 Å². The van der Waals surface area contributed by atoms with E-state index in [0.29, 0.717) is 0 Å². The molecule has 0 aromatic heterocycles. The molecule has 1 aromatic rings. The molecule has 2 N–H and O–H groups in total. The Balaban J connectivity index is 1.80. The quantitative estimate of drug-likeness (QED) is 0.790. The van der Waals surface area contributed by atoms with Gasteiger partial charge in [0, 0.05) is 12.2 Å². The van der Waals surface area contributed by atoms with Gasteiger partial charge in [-0.25, -0.2) is 0 Å². The molecule has 16 heavy (non-hydrogen) atoms. The van der Waals surface area contributed by atoms with Gasteiger partial charge in [-0.3, -0.25) is 0 Å². The Hall–Kier alpha value is -1.02. The van der Waals surface area contributed by atoms with Crippen molar-refractivity contribution in [2.75, 3.05) is 25.9 Å². The van der Waals surface area contributed by atoms with Crippen LogP contribution in [0.2, 0.25) is 0 Å². The van der Waals surface area contributed by atoms with Crippen molar-refractivity contribution in [1.29, 1.82) is 0 Å². The molecule has 1 aliphatic rings. The second kappa shape index (κ2) is 5.35. The summed E-state index contributed by atoms with van der Waals surface area (Å²) in [6.07, 6.45) is 5.27. The van der Waals surface area contributed by atoms with Crippen molar-refractivity contribution in [3.63, 3.8) is 0 Å². The minimum atomic E-state index is 0.862. The molecule has 1 aliphatic heterocycles. The van der Waals surface area contributed by atoms with Crippen molar-refractivity contribution < 1.29 is 0 Å². The van der Waals surface area contributed by atoms with Crippen LogP contribution in [0.4, 0.5) is 5.69 Å². The number of nitrogens with zero attached hydrogens (tertiary/aromatic N) is 1. The van der Waals surface area contributed by atoms with E-state index in [1.165, 1.54) is 44.3 Å². The van der Waals surface area contributed by atoms with Crippen molar-refractivity contribution in [3.8, 4) is 0 Å². The number of aryl methyl sites for hydroxylation is 1. The lowest BCUT2D eigenvalue weighted by Gasteiger charge is -2.29. The molecular formula is C14H22N2. The van der Waals surface area contributed by atoms with Gasteiger partial charge in [0.05, 0.1) is 0 Å². The first-order valence-corrected chi connectivity index (χ1v) is 6.27. The molecule has 1 aromatic carbocycles. The van der Waals surface area contributed by atoms with Crippen molar-refractivity contribution >= 4 is 5.69 Å². The molecular weight excluding hydrogens is 196 g/mol. The van der Waals surface area contributed by atoms with Crippen LogP contribution >= 0.6 is 0 Å². The van der Waals surface area contributed by atoms with Gasteiger partial charge < -0.3 is 10.6 Å². The summed E-state index contributed by atoms with van der Waals surface area (Å²) in [6, 6.07) is 8.31. The van der Waals surface area contributed by atoms with E-state index in [9.17, 15) is 0 Å². The van der Waals surface area contributed by atoms with Crippen LogP contribution in [0.3, 0.4) is 0 Å². The van der Waals surface area contributed by atoms with Gasteiger partial charge in [-0.1, -0.05) is 12.1 Å². The molecule has 0 saturated carbocycles. The Morgan fingerprint density at radius 1 is 1.31 bits per heavy atom. The highest BCUT2D eigenvalue weighted by Crippen LogP contribution is 2.20. The summed E-state index contributed by atoms with van der Waals surface area (Å²) in [6.45, 7) is 2.55. The Kier molecular flexibility index (Phi) is 3.83. The lowest BCUT2D eigenvalue weighted by molar-refractivity contribution is 0.202. The fourth-order valence-corrected chi connectivity index (χ4v) is 2.56. The SMILES string of the molecule is CN1CCCC(CCc2ccc(N)cc2)C1. The lowest BCUT2D eigenvalue weighted by atomic mass is 9.92. The average molecular weight is 218 g/mol. The van der Waals surface area contributed by atoms with Gasteiger partial charge in [-0.05, 0) is 62.9 Å². The Labute approximate surface area is 98.4 Å². The largest absolute Gasteiger partial charge is 0.399 e. The van der Waals surface area contributed by atoms with Crippen molar-refractivity contribution in [1.82, 2.24) is 4.90 Å². The van der Waals surface area contributed by atoms with Crippen LogP contribution in [-0.2, 0) is 6.42 Å². The van der Waals surface area contributed by atoms with Gasteiger partial charge >= 0.3 is 0 Å². The summed E-state index contributed by atoms with van der Waals surface area (Å²) in [5.74, 6) is 0.885. The molecule has 1 heterocycles. The predicted octanol–water partition coefficient (Wildman–Crippen LogP) is 2.54. The predicted molar refractivity (Wildman–Crippen MR) is 69.4 cm³/mol. The van der Waals surface area contributed by atoms with Gasteiger partial charge in [0.15, 0.2) is 0 Å². The van der Waals surface area contributed by atoms with Crippen LogP contribution in [0.25, 0.3) is 0 Å². The molecule has 1 saturated heterocycles. The molecule has 88 valence electrons. The molecule has 0 bridgehead atoms. The molecule has 0 aliphatic carbocycles. The summed E-state index contributed by atoms with van der Waals surface area (Å²) in [7, 11) is 2.23. The second-order valence-electron chi connectivity index (χ2n) is 5.05. The zero-order valence-electron chi connectivity index (χ0n) is 10.2. The summed E-state index contributed by atoms with van der Waals surface area (Å²) >= 11 is 0. The summed E-state index contributed by atoms with van der Waals surface area (Å²) in [5, 5.41) is 0. The van der Waals surface area contributed by atoms with Crippen LogP contribution in [0.15, 0.2) is 24.3 Å². The molecule has 1 unspecified atom stereocenters. The van der Waals surface area contributed by atoms with Crippen LogP contribution in [0.5, 0.6) is 0 Å². The third-order valence-electron chi connectivity index (χ3n) is 3.54. The molecule has 0 radical (unpaired) electrons. The minimum absolute atomic E-state index is 0.862. The lowest BCUT2D eigenvalue weighted by Crippen LogP contribution is -2.32. The van der Waals surface area contributed by atoms with E-state index in [1.54, 1.807) is 0 Å². The van der Waals surface area contributed by atoms with E-state index < -0.39 is 0 Å². The van der Waals surface area contributed by atoms with Crippen molar-refractivity contribution in [3.05, 3.63) is 29.8 Å². The highest BCUT2D eigenvalue weighted by Gasteiger charge is 2.16. The van der Waals surface area contributed by atoms with E-state index in [2.05, 4.69) is 24.1 Å². The summed E-state index contributed by atoms with van der Waals surface area (Å²) in [5.41, 5.74) is 7.96. The molecule has 0 amide bonds. The number of nitrogen functional groups attached to an aromatic ring is 1. The van der Waals surface area contributed by atoms with Crippen LogP contribution in [0.1, 0.15) is 24.8 Å². The fourth-order valence-electron chi connectivity index (χ4n) is 2.56. The normalized spacial score (nSPS) is 22.2. The number of anilines is 1. The third-order valence-corrected chi connectivity index (χ3v) is 3.54.